The first-order valence-electron chi connectivity index (χ1n) is 11.1. The van der Waals surface area contributed by atoms with Gasteiger partial charge in [-0.2, -0.15) is 5.10 Å². The number of nitrogens with one attached hydrogen (secondary N) is 3. The van der Waals surface area contributed by atoms with Crippen LogP contribution in [0.5, 0.6) is 5.75 Å². The average molecular weight is 556 g/mol. The lowest BCUT2D eigenvalue weighted by Gasteiger charge is -2.08. The minimum absolute atomic E-state index is 0.0872. The summed E-state index contributed by atoms with van der Waals surface area (Å²) in [6, 6.07) is 19.6. The van der Waals surface area contributed by atoms with Crippen LogP contribution in [-0.4, -0.2) is 36.2 Å². The molecule has 0 fully saturated rings. The van der Waals surface area contributed by atoms with Crippen molar-refractivity contribution >= 4 is 55.6 Å². The molecule has 0 saturated carbocycles. The second-order valence-electron chi connectivity index (χ2n) is 8.11. The Morgan fingerprint density at radius 1 is 1.11 bits per heavy atom. The van der Waals surface area contributed by atoms with E-state index in [9.17, 15) is 13.2 Å². The Morgan fingerprint density at radius 2 is 1.92 bits per heavy atom. The van der Waals surface area contributed by atoms with Crippen molar-refractivity contribution in [3.8, 4) is 5.75 Å². The fourth-order valence-electron chi connectivity index (χ4n) is 3.94. The van der Waals surface area contributed by atoms with Gasteiger partial charge in [0.25, 0.3) is 15.9 Å². The molecule has 9 nitrogen and oxygen atoms in total. The van der Waals surface area contributed by atoms with Crippen LogP contribution >= 0.6 is 22.9 Å². The summed E-state index contributed by atoms with van der Waals surface area (Å²) in [5.74, 6) is 0.460. The Bertz CT molecular complexity index is 1680. The van der Waals surface area contributed by atoms with E-state index in [0.29, 0.717) is 39.8 Å². The van der Waals surface area contributed by atoms with Crippen molar-refractivity contribution in [2.75, 3.05) is 11.8 Å². The summed E-state index contributed by atoms with van der Waals surface area (Å²) in [6.45, 7) is 0.725. The number of halogens is 1. The lowest BCUT2D eigenvalue weighted by Crippen LogP contribution is -2.23. The molecule has 1 amide bonds. The number of aromatic amines is 1. The number of thiophene rings is 1. The van der Waals surface area contributed by atoms with Crippen LogP contribution in [0.4, 0.5) is 5.82 Å². The summed E-state index contributed by atoms with van der Waals surface area (Å²) in [5.41, 5.74) is 3.04. The number of rotatable bonds is 9. The molecule has 5 rings (SSSR count). The number of nitrogens with zero attached hydrogens (tertiary/aromatic N) is 2. The highest BCUT2D eigenvalue weighted by Gasteiger charge is 2.23. The normalized spacial score (nSPS) is 11.5. The molecule has 0 spiro atoms. The molecular weight excluding hydrogens is 534 g/mol. The predicted molar refractivity (Wildman–Crippen MR) is 144 cm³/mol. The number of H-pyrrole nitrogens is 1. The Labute approximate surface area is 222 Å². The van der Waals surface area contributed by atoms with E-state index >= 15 is 0 Å². The Morgan fingerprint density at radius 3 is 2.65 bits per heavy atom. The van der Waals surface area contributed by atoms with E-state index in [1.807, 2.05) is 36.4 Å². The van der Waals surface area contributed by atoms with E-state index in [1.165, 1.54) is 19.2 Å². The summed E-state index contributed by atoms with van der Waals surface area (Å²) >= 11 is 6.91. The zero-order valence-corrected chi connectivity index (χ0v) is 22.0. The minimum atomic E-state index is -3.90. The van der Waals surface area contributed by atoms with Crippen molar-refractivity contribution in [3.05, 3.63) is 94.1 Å². The van der Waals surface area contributed by atoms with Gasteiger partial charge in [-0.1, -0.05) is 41.9 Å². The summed E-state index contributed by atoms with van der Waals surface area (Å²) < 4.78 is 36.3. The van der Waals surface area contributed by atoms with Crippen molar-refractivity contribution in [1.82, 2.24) is 20.1 Å². The number of carbonyl (C=O) groups excluding carboxylic acids is 1. The van der Waals surface area contributed by atoms with Crippen LogP contribution in [0.3, 0.4) is 0 Å². The second kappa shape index (κ2) is 10.3. The highest BCUT2D eigenvalue weighted by Crippen LogP contribution is 2.35. The van der Waals surface area contributed by atoms with Gasteiger partial charge in [0, 0.05) is 12.7 Å². The van der Waals surface area contributed by atoms with Crippen LogP contribution in [0, 0.1) is 0 Å². The van der Waals surface area contributed by atoms with Gasteiger partial charge in [-0.15, -0.1) is 11.3 Å². The average Bonchev–Trinajstić information content (AvgIpc) is 3.64. The number of sulfonamides is 1. The molecule has 0 aliphatic rings. The minimum Gasteiger partial charge on any atom is -0.496 e. The monoisotopic (exact) mass is 555 g/mol. The van der Waals surface area contributed by atoms with Gasteiger partial charge in [-0.05, 0) is 47.5 Å². The number of fused-ring (bicyclic) bond motifs is 1. The molecule has 0 aliphatic heterocycles. The molecule has 190 valence electrons. The Kier molecular flexibility index (Phi) is 6.92. The Balaban J connectivity index is 1.43. The standard InChI is InChI=1S/C25H22ClN5O4S2/c1-35-20-9-3-8-19-23(20)24(30-37(33,34)22-11-10-21(26)36-22)29-31(19)15-17-6-2-5-16(13-17)14-28-25(32)18-7-4-12-27-18/h2-13,27H,14-15H2,1H3,(H,28,32)(H,29,30). The summed E-state index contributed by atoms with van der Waals surface area (Å²) in [7, 11) is -2.38. The van der Waals surface area contributed by atoms with Gasteiger partial charge in [0.2, 0.25) is 0 Å². The first-order valence-corrected chi connectivity index (χ1v) is 13.8. The fourth-order valence-corrected chi connectivity index (χ4v) is 6.43. The van der Waals surface area contributed by atoms with Gasteiger partial charge in [-0.25, -0.2) is 8.42 Å². The lowest BCUT2D eigenvalue weighted by atomic mass is 10.1. The largest absolute Gasteiger partial charge is 0.496 e. The molecular formula is C25H22ClN5O4S2. The first-order chi connectivity index (χ1) is 17.8. The number of carbonyl (C=O) groups is 1. The molecule has 0 saturated heterocycles. The molecule has 0 bridgehead atoms. The molecule has 37 heavy (non-hydrogen) atoms. The number of ether oxygens (including phenoxy) is 1. The number of benzene rings is 2. The predicted octanol–water partition coefficient (Wildman–Crippen LogP) is 4.87. The lowest BCUT2D eigenvalue weighted by molar-refractivity contribution is 0.0946. The molecule has 0 atom stereocenters. The fraction of sp³-hybridized carbons (Fsp3) is 0.120. The summed E-state index contributed by atoms with van der Waals surface area (Å²) in [4.78, 5) is 15.1. The smallest absolute Gasteiger partial charge is 0.272 e. The second-order valence-corrected chi connectivity index (χ2v) is 11.7. The SMILES string of the molecule is COc1cccc2c1c(NS(=O)(=O)c1ccc(Cl)s1)nn2Cc1cccc(CNC(=O)c2ccc[nH]2)c1. The Hall–Kier alpha value is -3.80. The molecule has 3 heterocycles. The van der Waals surface area contributed by atoms with Crippen molar-refractivity contribution in [3.63, 3.8) is 0 Å². The van der Waals surface area contributed by atoms with E-state index in [-0.39, 0.29) is 15.9 Å². The molecule has 5 aromatic rings. The zero-order chi connectivity index (χ0) is 26.0. The van der Waals surface area contributed by atoms with Gasteiger partial charge in [0.15, 0.2) is 5.82 Å². The summed E-state index contributed by atoms with van der Waals surface area (Å²) in [6.07, 6.45) is 1.70. The number of amides is 1. The number of anilines is 1. The summed E-state index contributed by atoms with van der Waals surface area (Å²) in [5, 5.41) is 8.03. The van der Waals surface area contributed by atoms with Crippen LogP contribution in [0.1, 0.15) is 21.6 Å². The topological polar surface area (TPSA) is 118 Å². The molecule has 0 unspecified atom stereocenters. The van der Waals surface area contributed by atoms with Crippen LogP contribution in [0.2, 0.25) is 4.34 Å². The van der Waals surface area contributed by atoms with E-state index in [1.54, 1.807) is 29.1 Å². The number of aromatic nitrogens is 3. The van der Waals surface area contributed by atoms with Crippen LogP contribution < -0.4 is 14.8 Å². The molecule has 0 radical (unpaired) electrons. The van der Waals surface area contributed by atoms with Crippen LogP contribution in [-0.2, 0) is 23.1 Å². The first kappa shape index (κ1) is 24.9. The maximum Gasteiger partial charge on any atom is 0.272 e. The van der Waals surface area contributed by atoms with Gasteiger partial charge in [0.05, 0.1) is 28.9 Å². The highest BCUT2D eigenvalue weighted by molar-refractivity contribution is 7.94. The third-order valence-electron chi connectivity index (χ3n) is 5.62. The molecule has 0 aliphatic carbocycles. The van der Waals surface area contributed by atoms with Gasteiger partial charge < -0.3 is 15.0 Å². The zero-order valence-electron chi connectivity index (χ0n) is 19.6. The molecule has 3 N–H and O–H groups in total. The van der Waals surface area contributed by atoms with Crippen LogP contribution in [0.25, 0.3) is 10.9 Å². The quantitative estimate of drug-likeness (QED) is 0.240. The third kappa shape index (κ3) is 5.33. The molecule has 2 aromatic carbocycles. The van der Waals surface area contributed by atoms with E-state index in [2.05, 4.69) is 20.1 Å². The number of hydrogen-bond acceptors (Lipinski definition) is 6. The molecule has 3 aromatic heterocycles. The van der Waals surface area contributed by atoms with Gasteiger partial charge in [-0.3, -0.25) is 14.2 Å². The van der Waals surface area contributed by atoms with E-state index in [0.717, 1.165) is 22.5 Å². The number of hydrogen-bond donors (Lipinski definition) is 3. The highest BCUT2D eigenvalue weighted by atomic mass is 35.5. The maximum absolute atomic E-state index is 13.0. The number of methoxy groups -OCH3 is 1. The van der Waals surface area contributed by atoms with Crippen LogP contribution in [0.15, 0.2) is 77.1 Å². The van der Waals surface area contributed by atoms with E-state index in [4.69, 9.17) is 16.3 Å². The van der Waals surface area contributed by atoms with Gasteiger partial charge in [0.1, 0.15) is 15.7 Å². The third-order valence-corrected chi connectivity index (χ3v) is 8.69. The van der Waals surface area contributed by atoms with Crippen molar-refractivity contribution < 1.29 is 17.9 Å². The van der Waals surface area contributed by atoms with Crippen molar-refractivity contribution in [2.24, 2.45) is 0 Å². The molecule has 12 heteroatoms. The van der Waals surface area contributed by atoms with Crippen molar-refractivity contribution in [2.45, 2.75) is 17.3 Å². The maximum atomic E-state index is 13.0. The van der Waals surface area contributed by atoms with Crippen molar-refractivity contribution in [1.29, 1.82) is 0 Å². The van der Waals surface area contributed by atoms with Gasteiger partial charge >= 0.3 is 0 Å². The van der Waals surface area contributed by atoms with E-state index < -0.39 is 10.0 Å².